The Morgan fingerprint density at radius 3 is 2.17 bits per heavy atom. The van der Waals surface area contributed by atoms with Gasteiger partial charge >= 0.3 is 0 Å². The highest BCUT2D eigenvalue weighted by atomic mass is 32.1. The number of thiocarbonyl (C=S) groups is 1. The molecule has 0 spiro atoms. The van der Waals surface area contributed by atoms with Crippen LogP contribution in [0.3, 0.4) is 0 Å². The number of carbonyl (C=O) groups excluding carboxylic acids is 2. The summed E-state index contributed by atoms with van der Waals surface area (Å²) in [5, 5.41) is 13.8. The molecule has 4 aromatic rings. The molecule has 4 N–H and O–H groups in total. The molecule has 0 bridgehead atoms. The van der Waals surface area contributed by atoms with E-state index in [0.29, 0.717) is 16.9 Å². The van der Waals surface area contributed by atoms with Crippen molar-refractivity contribution < 1.29 is 9.59 Å². The summed E-state index contributed by atoms with van der Waals surface area (Å²) in [4.78, 5) is 26.0. The normalized spacial score (nSPS) is 10.5. The van der Waals surface area contributed by atoms with Gasteiger partial charge in [-0.05, 0) is 78.3 Å². The molecule has 1 heterocycles. The number of nitrogens with one attached hydrogen (secondary N) is 4. The maximum absolute atomic E-state index is 12.9. The van der Waals surface area contributed by atoms with E-state index in [1.165, 1.54) is 17.4 Å². The molecular formula is C27H22N4O2S2. The lowest BCUT2D eigenvalue weighted by atomic mass is 10.1. The van der Waals surface area contributed by atoms with Gasteiger partial charge in [-0.1, -0.05) is 36.4 Å². The molecule has 0 aliphatic heterocycles. The van der Waals surface area contributed by atoms with Crippen molar-refractivity contribution in [3.05, 3.63) is 113 Å². The van der Waals surface area contributed by atoms with Gasteiger partial charge in [0.15, 0.2) is 5.11 Å². The van der Waals surface area contributed by atoms with Gasteiger partial charge in [0, 0.05) is 28.0 Å². The zero-order chi connectivity index (χ0) is 24.5. The van der Waals surface area contributed by atoms with Crippen LogP contribution in [-0.2, 0) is 4.79 Å². The van der Waals surface area contributed by atoms with E-state index in [1.807, 2.05) is 72.1 Å². The van der Waals surface area contributed by atoms with Crippen LogP contribution < -0.4 is 21.3 Å². The smallest absolute Gasteiger partial charge is 0.257 e. The van der Waals surface area contributed by atoms with Gasteiger partial charge in [0.05, 0.1) is 11.3 Å². The Hall–Kier alpha value is -4.27. The van der Waals surface area contributed by atoms with Crippen molar-refractivity contribution in [2.75, 3.05) is 16.0 Å². The molecule has 0 fully saturated rings. The number of rotatable bonds is 7. The highest BCUT2D eigenvalue weighted by molar-refractivity contribution is 7.80. The number of hydrogen-bond acceptors (Lipinski definition) is 5. The fourth-order valence-corrected chi connectivity index (χ4v) is 3.99. The maximum Gasteiger partial charge on any atom is 0.257 e. The van der Waals surface area contributed by atoms with Crippen LogP contribution in [0.5, 0.6) is 0 Å². The topological polar surface area (TPSA) is 82.3 Å². The summed E-state index contributed by atoms with van der Waals surface area (Å²) in [6, 6.07) is 28.0. The summed E-state index contributed by atoms with van der Waals surface area (Å²) in [5.74, 6) is -0.661. The summed E-state index contributed by atoms with van der Waals surface area (Å²) < 4.78 is 0. The van der Waals surface area contributed by atoms with E-state index in [0.717, 1.165) is 16.3 Å². The van der Waals surface area contributed by atoms with E-state index in [1.54, 1.807) is 30.3 Å². The average molecular weight is 499 g/mol. The van der Waals surface area contributed by atoms with Gasteiger partial charge in [0.2, 0.25) is 5.91 Å². The Labute approximate surface area is 212 Å². The minimum Gasteiger partial charge on any atom is -0.356 e. The van der Waals surface area contributed by atoms with E-state index in [4.69, 9.17) is 12.2 Å². The van der Waals surface area contributed by atoms with Crippen molar-refractivity contribution in [2.45, 2.75) is 0 Å². The molecule has 8 heteroatoms. The molecule has 0 atom stereocenters. The number of carbonyl (C=O) groups is 2. The predicted molar refractivity (Wildman–Crippen MR) is 148 cm³/mol. The van der Waals surface area contributed by atoms with Crippen molar-refractivity contribution in [1.29, 1.82) is 0 Å². The highest BCUT2D eigenvalue weighted by Crippen LogP contribution is 2.21. The minimum absolute atomic E-state index is 0.0995. The first-order valence-electron chi connectivity index (χ1n) is 10.7. The van der Waals surface area contributed by atoms with Gasteiger partial charge in [-0.2, -0.15) is 0 Å². The first-order valence-corrected chi connectivity index (χ1v) is 12.0. The second-order valence-electron chi connectivity index (χ2n) is 7.36. The van der Waals surface area contributed by atoms with Crippen molar-refractivity contribution in [2.24, 2.45) is 0 Å². The van der Waals surface area contributed by atoms with Crippen LogP contribution in [0.15, 0.2) is 102 Å². The van der Waals surface area contributed by atoms with E-state index >= 15 is 0 Å². The summed E-state index contributed by atoms with van der Waals surface area (Å²) in [5.41, 5.74) is 3.42. The molecule has 35 heavy (non-hydrogen) atoms. The molecule has 0 aliphatic rings. The minimum atomic E-state index is -0.359. The third-order valence-electron chi connectivity index (χ3n) is 4.80. The largest absolute Gasteiger partial charge is 0.356 e. The maximum atomic E-state index is 12.9. The van der Waals surface area contributed by atoms with E-state index in [9.17, 15) is 9.59 Å². The van der Waals surface area contributed by atoms with Gasteiger partial charge < -0.3 is 16.0 Å². The Morgan fingerprint density at radius 2 is 1.43 bits per heavy atom. The molecule has 1 aromatic heterocycles. The van der Waals surface area contributed by atoms with Gasteiger partial charge in [-0.3, -0.25) is 14.9 Å². The third-order valence-corrected chi connectivity index (χ3v) is 5.85. The quantitative estimate of drug-likeness (QED) is 0.178. The van der Waals surface area contributed by atoms with Crippen LogP contribution in [-0.4, -0.2) is 16.9 Å². The van der Waals surface area contributed by atoms with Crippen LogP contribution in [0, 0.1) is 0 Å². The Balaban J connectivity index is 1.36. The van der Waals surface area contributed by atoms with Crippen LogP contribution in [0.25, 0.3) is 6.08 Å². The molecule has 6 nitrogen and oxygen atoms in total. The molecule has 0 saturated carbocycles. The molecule has 2 amide bonds. The van der Waals surface area contributed by atoms with Crippen LogP contribution in [0.4, 0.5) is 22.7 Å². The highest BCUT2D eigenvalue weighted by Gasteiger charge is 2.13. The summed E-state index contributed by atoms with van der Waals surface area (Å²) in [6.07, 6.45) is 3.12. The summed E-state index contributed by atoms with van der Waals surface area (Å²) >= 11 is 6.79. The fraction of sp³-hybridized carbons (Fsp3) is 0. The second kappa shape index (κ2) is 11.7. The molecule has 0 radical (unpaired) electrons. The molecule has 174 valence electrons. The molecule has 3 aromatic carbocycles. The van der Waals surface area contributed by atoms with E-state index in [2.05, 4.69) is 21.3 Å². The van der Waals surface area contributed by atoms with Crippen LogP contribution >= 0.6 is 23.6 Å². The van der Waals surface area contributed by atoms with Crippen LogP contribution in [0.2, 0.25) is 0 Å². The van der Waals surface area contributed by atoms with Gasteiger partial charge in [-0.25, -0.2) is 0 Å². The SMILES string of the molecule is O=C(C=Cc1cccs1)NC(=S)Nc1ccccc1C(=O)Nc1ccc(Nc2ccccc2)cc1. The lowest BCUT2D eigenvalue weighted by molar-refractivity contribution is -0.115. The molecule has 0 saturated heterocycles. The van der Waals surface area contributed by atoms with Crippen LogP contribution in [0.1, 0.15) is 15.2 Å². The summed E-state index contributed by atoms with van der Waals surface area (Å²) in [6.45, 7) is 0. The molecule has 0 aliphatic carbocycles. The monoisotopic (exact) mass is 498 g/mol. The van der Waals surface area contributed by atoms with Crippen molar-refractivity contribution in [1.82, 2.24) is 5.32 Å². The number of amides is 2. The van der Waals surface area contributed by atoms with E-state index in [-0.39, 0.29) is 16.9 Å². The Kier molecular flexibility index (Phi) is 8.00. The zero-order valence-electron chi connectivity index (χ0n) is 18.5. The lowest BCUT2D eigenvalue weighted by Crippen LogP contribution is -2.33. The van der Waals surface area contributed by atoms with Gasteiger partial charge in [0.25, 0.3) is 5.91 Å². The van der Waals surface area contributed by atoms with Gasteiger partial charge in [-0.15, -0.1) is 11.3 Å². The Bertz CT molecular complexity index is 1340. The average Bonchev–Trinajstić information content (AvgIpc) is 3.39. The van der Waals surface area contributed by atoms with E-state index < -0.39 is 0 Å². The lowest BCUT2D eigenvalue weighted by Gasteiger charge is -2.13. The number of anilines is 4. The number of benzene rings is 3. The first-order chi connectivity index (χ1) is 17.1. The van der Waals surface area contributed by atoms with Crippen molar-refractivity contribution in [3.8, 4) is 0 Å². The molecule has 4 rings (SSSR count). The standard InChI is InChI=1S/C27H22N4O2S2/c32-25(17-16-22-9-6-18-35-22)31-27(34)30-24-11-5-4-10-23(24)26(33)29-21-14-12-20(13-15-21)28-19-7-2-1-3-8-19/h1-18,28H,(H,29,33)(H2,30,31,32,34). The molecule has 0 unspecified atom stereocenters. The number of para-hydroxylation sites is 2. The first kappa shape index (κ1) is 23.9. The predicted octanol–water partition coefficient (Wildman–Crippen LogP) is 6.27. The Morgan fingerprint density at radius 1 is 0.743 bits per heavy atom. The fourth-order valence-electron chi connectivity index (χ4n) is 3.16. The number of hydrogen-bond donors (Lipinski definition) is 4. The van der Waals surface area contributed by atoms with Crippen molar-refractivity contribution >= 4 is 69.3 Å². The third kappa shape index (κ3) is 7.10. The zero-order valence-corrected chi connectivity index (χ0v) is 20.2. The molecular weight excluding hydrogens is 476 g/mol. The second-order valence-corrected chi connectivity index (χ2v) is 8.75. The van der Waals surface area contributed by atoms with Crippen molar-refractivity contribution in [3.63, 3.8) is 0 Å². The summed E-state index contributed by atoms with van der Waals surface area (Å²) in [7, 11) is 0. The van der Waals surface area contributed by atoms with Gasteiger partial charge in [0.1, 0.15) is 0 Å². The number of thiophene rings is 1.